The number of nitrogens with one attached hydrogen (secondary N) is 2. The zero-order chi connectivity index (χ0) is 24.1. The van der Waals surface area contributed by atoms with Gasteiger partial charge in [-0.15, -0.1) is 0 Å². The van der Waals surface area contributed by atoms with Crippen LogP contribution in [-0.4, -0.2) is 39.1 Å². The first kappa shape index (κ1) is 23.7. The van der Waals surface area contributed by atoms with Crippen LogP contribution in [0.25, 0.3) is 11.0 Å². The minimum absolute atomic E-state index is 0.132. The molecule has 0 aliphatic heterocycles. The predicted octanol–water partition coefficient (Wildman–Crippen LogP) is 4.65. The molecule has 1 atom stereocenters. The number of carbonyl (C=O) groups is 2. The second-order valence-electron chi connectivity index (χ2n) is 8.64. The highest BCUT2D eigenvalue weighted by molar-refractivity contribution is 6.06. The monoisotopic (exact) mass is 463 g/mol. The maximum Gasteiger partial charge on any atom is 0.255 e. The normalized spacial score (nSPS) is 15.3. The average molecular weight is 464 g/mol. The molecule has 1 amide bonds. The van der Waals surface area contributed by atoms with Gasteiger partial charge in [0.15, 0.2) is 5.65 Å². The number of ether oxygens (including phenoxy) is 1. The van der Waals surface area contributed by atoms with Gasteiger partial charge in [0, 0.05) is 31.6 Å². The summed E-state index contributed by atoms with van der Waals surface area (Å²) >= 11 is 0. The van der Waals surface area contributed by atoms with Crippen molar-refractivity contribution in [1.82, 2.24) is 20.1 Å². The number of aryl methyl sites for hydroxylation is 1. The van der Waals surface area contributed by atoms with Gasteiger partial charge in [-0.25, -0.2) is 9.67 Å². The first-order chi connectivity index (χ1) is 16.5. The number of pyridine rings is 1. The van der Waals surface area contributed by atoms with Gasteiger partial charge < -0.3 is 15.4 Å². The smallest absolute Gasteiger partial charge is 0.255 e. The van der Waals surface area contributed by atoms with Gasteiger partial charge in [-0.1, -0.05) is 19.1 Å². The van der Waals surface area contributed by atoms with Gasteiger partial charge in [-0.05, 0) is 50.8 Å². The van der Waals surface area contributed by atoms with Crippen LogP contribution in [0.15, 0.2) is 36.7 Å². The molecule has 4 rings (SSSR count). The maximum atomic E-state index is 13.5. The zero-order valence-electron chi connectivity index (χ0n) is 20.1. The highest BCUT2D eigenvalue weighted by Crippen LogP contribution is 2.30. The molecule has 2 aromatic heterocycles. The van der Waals surface area contributed by atoms with Crippen molar-refractivity contribution in [2.75, 3.05) is 11.9 Å². The van der Waals surface area contributed by atoms with Gasteiger partial charge in [-0.3, -0.25) is 9.59 Å². The molecule has 0 saturated heterocycles. The number of fused-ring (bicyclic) bond motifs is 1. The summed E-state index contributed by atoms with van der Waals surface area (Å²) < 4.78 is 7.36. The van der Waals surface area contributed by atoms with Crippen molar-refractivity contribution in [2.45, 2.75) is 71.5 Å². The van der Waals surface area contributed by atoms with Crippen molar-refractivity contribution in [3.8, 4) is 5.75 Å². The fourth-order valence-electron chi connectivity index (χ4n) is 4.49. The number of aromatic nitrogens is 3. The predicted molar refractivity (Wildman–Crippen MR) is 132 cm³/mol. The van der Waals surface area contributed by atoms with Crippen molar-refractivity contribution in [1.29, 1.82) is 0 Å². The summed E-state index contributed by atoms with van der Waals surface area (Å²) in [6.45, 7) is 7.32. The minimum Gasteiger partial charge on any atom is -0.494 e. The number of hydrogen-bond donors (Lipinski definition) is 2. The van der Waals surface area contributed by atoms with E-state index in [2.05, 4.69) is 20.7 Å². The van der Waals surface area contributed by atoms with Crippen LogP contribution < -0.4 is 15.4 Å². The van der Waals surface area contributed by atoms with Crippen LogP contribution >= 0.6 is 0 Å². The molecule has 180 valence electrons. The summed E-state index contributed by atoms with van der Waals surface area (Å²) in [6.07, 6.45) is 6.80. The van der Waals surface area contributed by atoms with E-state index in [0.29, 0.717) is 37.3 Å². The number of rotatable bonds is 9. The molecule has 1 saturated carbocycles. The molecule has 2 N–H and O–H groups in total. The molecule has 3 aromatic rings. The molecule has 2 heterocycles. The van der Waals surface area contributed by atoms with Crippen LogP contribution in [0.4, 0.5) is 5.69 Å². The molecule has 34 heavy (non-hydrogen) atoms. The average Bonchev–Trinajstić information content (AvgIpc) is 3.28. The number of Topliss-reactive ketones (excluding diaryl/α,β-unsaturated/α-hetero) is 1. The van der Waals surface area contributed by atoms with Crippen LogP contribution in [0.2, 0.25) is 0 Å². The summed E-state index contributed by atoms with van der Waals surface area (Å²) in [7, 11) is 0. The summed E-state index contributed by atoms with van der Waals surface area (Å²) in [5.74, 6) is 0.928. The zero-order valence-corrected chi connectivity index (χ0v) is 20.1. The Kier molecular flexibility index (Phi) is 7.45. The van der Waals surface area contributed by atoms with Gasteiger partial charge in [-0.2, -0.15) is 5.10 Å². The summed E-state index contributed by atoms with van der Waals surface area (Å²) in [5.41, 5.74) is 2.99. The minimum atomic E-state index is -0.186. The Balaban J connectivity index is 1.62. The van der Waals surface area contributed by atoms with Crippen LogP contribution in [0.5, 0.6) is 5.75 Å². The highest BCUT2D eigenvalue weighted by Gasteiger charge is 2.25. The molecular formula is C26H33N5O3. The molecule has 1 unspecified atom stereocenters. The van der Waals surface area contributed by atoms with Crippen LogP contribution in [0.1, 0.15) is 74.8 Å². The molecule has 8 heteroatoms. The Morgan fingerprint density at radius 2 is 1.88 bits per heavy atom. The molecule has 1 aromatic carbocycles. The quantitative estimate of drug-likeness (QED) is 0.479. The summed E-state index contributed by atoms with van der Waals surface area (Å²) in [4.78, 5) is 29.8. The molecule has 1 aliphatic carbocycles. The van der Waals surface area contributed by atoms with Crippen molar-refractivity contribution in [3.05, 3.63) is 47.8 Å². The molecular weight excluding hydrogens is 430 g/mol. The lowest BCUT2D eigenvalue weighted by molar-refractivity contribution is -0.120. The Labute approximate surface area is 200 Å². The van der Waals surface area contributed by atoms with E-state index in [1.54, 1.807) is 12.4 Å². The standard InChI is InChI=1S/C26H33N5O3/c1-4-23(17-7-13-20(14-8-17)34-6-3)30-26(33)22-15-27-25-21(16-28-31(25)5-2)24(22)29-18-9-11-19(32)12-10-18/h7-8,13-16,18,23H,4-6,9-12H2,1-3H3,(H,27,29)(H,30,33). The van der Waals surface area contributed by atoms with E-state index >= 15 is 0 Å². The Morgan fingerprint density at radius 1 is 1.15 bits per heavy atom. The molecule has 1 aliphatic rings. The van der Waals surface area contributed by atoms with Gasteiger partial charge >= 0.3 is 0 Å². The van der Waals surface area contributed by atoms with Crippen molar-refractivity contribution in [2.24, 2.45) is 0 Å². The fraction of sp³-hybridized carbons (Fsp3) is 0.462. The van der Waals surface area contributed by atoms with Gasteiger partial charge in [0.05, 0.1) is 35.5 Å². The largest absolute Gasteiger partial charge is 0.494 e. The maximum absolute atomic E-state index is 13.5. The Hall–Kier alpha value is -3.42. The van der Waals surface area contributed by atoms with Crippen LogP contribution in [0, 0.1) is 0 Å². The van der Waals surface area contributed by atoms with Crippen LogP contribution in [-0.2, 0) is 11.3 Å². The number of amides is 1. The third kappa shape index (κ3) is 5.05. The van der Waals surface area contributed by atoms with E-state index < -0.39 is 0 Å². The molecule has 0 spiro atoms. The van der Waals surface area contributed by atoms with E-state index in [1.807, 2.05) is 49.7 Å². The van der Waals surface area contributed by atoms with E-state index in [4.69, 9.17) is 4.74 Å². The van der Waals surface area contributed by atoms with E-state index in [-0.39, 0.29) is 18.0 Å². The summed E-state index contributed by atoms with van der Waals surface area (Å²) in [5, 5.41) is 12.0. The van der Waals surface area contributed by atoms with Crippen LogP contribution in [0.3, 0.4) is 0 Å². The summed E-state index contributed by atoms with van der Waals surface area (Å²) in [6, 6.07) is 7.83. The number of anilines is 1. The van der Waals surface area contributed by atoms with E-state index in [0.717, 1.165) is 47.3 Å². The fourth-order valence-corrected chi connectivity index (χ4v) is 4.49. The van der Waals surface area contributed by atoms with E-state index in [1.165, 1.54) is 0 Å². The first-order valence-electron chi connectivity index (χ1n) is 12.2. The molecule has 0 radical (unpaired) electrons. The second-order valence-corrected chi connectivity index (χ2v) is 8.64. The number of nitrogens with zero attached hydrogens (tertiary/aromatic N) is 3. The Bertz CT molecular complexity index is 1150. The van der Waals surface area contributed by atoms with Crippen molar-refractivity contribution in [3.63, 3.8) is 0 Å². The Morgan fingerprint density at radius 3 is 2.53 bits per heavy atom. The number of benzene rings is 1. The second kappa shape index (κ2) is 10.7. The molecule has 8 nitrogen and oxygen atoms in total. The van der Waals surface area contributed by atoms with E-state index in [9.17, 15) is 9.59 Å². The lowest BCUT2D eigenvalue weighted by Crippen LogP contribution is -2.31. The number of ketones is 1. The number of hydrogen-bond acceptors (Lipinski definition) is 6. The third-order valence-electron chi connectivity index (χ3n) is 6.41. The topological polar surface area (TPSA) is 98.1 Å². The lowest BCUT2D eigenvalue weighted by atomic mass is 9.94. The first-order valence-corrected chi connectivity index (χ1v) is 12.2. The molecule has 1 fully saturated rings. The highest BCUT2D eigenvalue weighted by atomic mass is 16.5. The lowest BCUT2D eigenvalue weighted by Gasteiger charge is -2.25. The number of carbonyl (C=O) groups excluding carboxylic acids is 2. The van der Waals surface area contributed by atoms with Crippen molar-refractivity contribution < 1.29 is 14.3 Å². The molecule has 0 bridgehead atoms. The SMILES string of the molecule is CCOc1ccc(C(CC)NC(=O)c2cnc3c(cnn3CC)c2NC2CCC(=O)CC2)cc1. The van der Waals surface area contributed by atoms with Gasteiger partial charge in [0.1, 0.15) is 11.5 Å². The van der Waals surface area contributed by atoms with Crippen molar-refractivity contribution >= 4 is 28.4 Å². The third-order valence-corrected chi connectivity index (χ3v) is 6.41. The van der Waals surface area contributed by atoms with Gasteiger partial charge in [0.2, 0.25) is 0 Å². The van der Waals surface area contributed by atoms with Gasteiger partial charge in [0.25, 0.3) is 5.91 Å².